The average Bonchev–Trinajstić information content (AvgIpc) is 2.94. The van der Waals surface area contributed by atoms with Gasteiger partial charge in [0.25, 0.3) is 5.91 Å². The molecular formula is C19H24ClN3O4. The number of hydrogen-bond donors (Lipinski definition) is 3. The summed E-state index contributed by atoms with van der Waals surface area (Å²) in [6.07, 6.45) is 0.608. The number of carboxylic acid groups (broad SMARTS) is 1. The highest BCUT2D eigenvalue weighted by atomic mass is 35.5. The Morgan fingerprint density at radius 2 is 1.85 bits per heavy atom. The summed E-state index contributed by atoms with van der Waals surface area (Å²) in [7, 11) is 1.75. The van der Waals surface area contributed by atoms with Crippen molar-refractivity contribution in [2.45, 2.75) is 39.3 Å². The number of aryl methyl sites for hydroxylation is 1. The Morgan fingerprint density at radius 3 is 2.44 bits per heavy atom. The molecule has 3 atom stereocenters. The van der Waals surface area contributed by atoms with Crippen LogP contribution in [-0.2, 0) is 16.6 Å². The van der Waals surface area contributed by atoms with E-state index in [4.69, 9.17) is 11.6 Å². The van der Waals surface area contributed by atoms with E-state index >= 15 is 0 Å². The monoisotopic (exact) mass is 393 g/mol. The van der Waals surface area contributed by atoms with Crippen molar-refractivity contribution in [2.24, 2.45) is 13.0 Å². The molecular weight excluding hydrogens is 370 g/mol. The number of nitrogens with zero attached hydrogens (tertiary/aromatic N) is 1. The van der Waals surface area contributed by atoms with Crippen molar-refractivity contribution >= 4 is 40.3 Å². The second-order valence-electron chi connectivity index (χ2n) is 6.70. The van der Waals surface area contributed by atoms with Gasteiger partial charge in [0.05, 0.1) is 0 Å². The van der Waals surface area contributed by atoms with E-state index in [0.29, 0.717) is 17.1 Å². The summed E-state index contributed by atoms with van der Waals surface area (Å²) in [6.45, 7) is 5.12. The topological polar surface area (TPSA) is 100 Å². The lowest BCUT2D eigenvalue weighted by molar-refractivity contribution is -0.143. The third-order valence-electron chi connectivity index (χ3n) is 4.75. The molecule has 0 aliphatic rings. The Labute approximate surface area is 162 Å². The van der Waals surface area contributed by atoms with Crippen molar-refractivity contribution in [3.05, 3.63) is 35.0 Å². The van der Waals surface area contributed by atoms with Crippen LogP contribution in [0.4, 0.5) is 0 Å². The summed E-state index contributed by atoms with van der Waals surface area (Å²) < 4.78 is 1.71. The van der Waals surface area contributed by atoms with Gasteiger partial charge in [-0.25, -0.2) is 4.79 Å². The molecule has 0 bridgehead atoms. The summed E-state index contributed by atoms with van der Waals surface area (Å²) in [6, 6.07) is 5.12. The summed E-state index contributed by atoms with van der Waals surface area (Å²) in [5, 5.41) is 15.8. The van der Waals surface area contributed by atoms with Crippen molar-refractivity contribution in [1.82, 2.24) is 15.2 Å². The SMILES string of the molecule is CCC(C)[C@H](NC(=O)[C@H](C)NC(=O)c1cc2cc(Cl)ccc2n1C)C(=O)O. The van der Waals surface area contributed by atoms with E-state index in [2.05, 4.69) is 10.6 Å². The fourth-order valence-electron chi connectivity index (χ4n) is 2.84. The molecule has 7 nitrogen and oxygen atoms in total. The van der Waals surface area contributed by atoms with Crippen LogP contribution in [0.2, 0.25) is 5.02 Å². The number of carboxylic acids is 1. The Balaban J connectivity index is 2.12. The van der Waals surface area contributed by atoms with Crippen LogP contribution in [0.15, 0.2) is 24.3 Å². The quantitative estimate of drug-likeness (QED) is 0.673. The molecule has 27 heavy (non-hydrogen) atoms. The number of aliphatic carboxylic acids is 1. The highest BCUT2D eigenvalue weighted by Crippen LogP contribution is 2.22. The number of carbonyl (C=O) groups excluding carboxylic acids is 2. The largest absolute Gasteiger partial charge is 0.480 e. The average molecular weight is 394 g/mol. The van der Waals surface area contributed by atoms with Gasteiger partial charge in [0, 0.05) is 23.0 Å². The fourth-order valence-corrected chi connectivity index (χ4v) is 3.02. The molecule has 3 N–H and O–H groups in total. The summed E-state index contributed by atoms with van der Waals surface area (Å²) in [5.41, 5.74) is 1.22. The second kappa shape index (κ2) is 8.43. The first-order valence-corrected chi connectivity index (χ1v) is 9.12. The number of fused-ring (bicyclic) bond motifs is 1. The Kier molecular flexibility index (Phi) is 6.49. The van der Waals surface area contributed by atoms with E-state index in [1.54, 1.807) is 36.7 Å². The first-order valence-electron chi connectivity index (χ1n) is 8.74. The molecule has 8 heteroatoms. The third kappa shape index (κ3) is 4.60. The summed E-state index contributed by atoms with van der Waals surface area (Å²) in [4.78, 5) is 36.3. The highest BCUT2D eigenvalue weighted by Gasteiger charge is 2.28. The predicted molar refractivity (Wildman–Crippen MR) is 104 cm³/mol. The lowest BCUT2D eigenvalue weighted by Gasteiger charge is -2.22. The van der Waals surface area contributed by atoms with Gasteiger partial charge in [0.2, 0.25) is 5.91 Å². The van der Waals surface area contributed by atoms with Crippen LogP contribution in [0, 0.1) is 5.92 Å². The van der Waals surface area contributed by atoms with Crippen LogP contribution >= 0.6 is 11.6 Å². The van der Waals surface area contributed by atoms with Gasteiger partial charge < -0.3 is 20.3 Å². The molecule has 1 unspecified atom stereocenters. The van der Waals surface area contributed by atoms with Crippen molar-refractivity contribution in [3.63, 3.8) is 0 Å². The van der Waals surface area contributed by atoms with Crippen molar-refractivity contribution in [3.8, 4) is 0 Å². The Morgan fingerprint density at radius 1 is 1.19 bits per heavy atom. The zero-order valence-corrected chi connectivity index (χ0v) is 16.5. The number of nitrogens with one attached hydrogen (secondary N) is 2. The number of halogens is 1. The summed E-state index contributed by atoms with van der Waals surface area (Å²) >= 11 is 5.99. The standard InChI is InChI=1S/C19H24ClN3O4/c1-5-10(2)16(19(26)27)22-17(24)11(3)21-18(25)15-9-12-8-13(20)6-7-14(12)23(15)4/h6-11,16H,5H2,1-4H3,(H,21,25)(H,22,24)(H,26,27)/t10?,11-,16-/m0/s1. The molecule has 0 aliphatic heterocycles. The van der Waals surface area contributed by atoms with Crippen LogP contribution in [0.25, 0.3) is 10.9 Å². The van der Waals surface area contributed by atoms with Gasteiger partial charge in [0.15, 0.2) is 0 Å². The number of hydrogen-bond acceptors (Lipinski definition) is 3. The summed E-state index contributed by atoms with van der Waals surface area (Å²) in [5.74, 6) is -2.29. The van der Waals surface area contributed by atoms with Crippen LogP contribution in [0.1, 0.15) is 37.7 Å². The van der Waals surface area contributed by atoms with Crippen LogP contribution in [-0.4, -0.2) is 39.5 Å². The molecule has 2 aromatic rings. The van der Waals surface area contributed by atoms with Crippen molar-refractivity contribution < 1.29 is 19.5 Å². The highest BCUT2D eigenvalue weighted by molar-refractivity contribution is 6.31. The van der Waals surface area contributed by atoms with Gasteiger partial charge in [-0.3, -0.25) is 9.59 Å². The van der Waals surface area contributed by atoms with Crippen LogP contribution in [0.5, 0.6) is 0 Å². The minimum atomic E-state index is -1.10. The van der Waals surface area contributed by atoms with Gasteiger partial charge in [-0.15, -0.1) is 0 Å². The van der Waals surface area contributed by atoms with E-state index in [9.17, 15) is 19.5 Å². The third-order valence-corrected chi connectivity index (χ3v) is 4.99. The fraction of sp³-hybridized carbons (Fsp3) is 0.421. The molecule has 2 rings (SSSR count). The van der Waals surface area contributed by atoms with Crippen LogP contribution < -0.4 is 10.6 Å². The van der Waals surface area contributed by atoms with Crippen molar-refractivity contribution in [2.75, 3.05) is 0 Å². The zero-order valence-electron chi connectivity index (χ0n) is 15.7. The molecule has 1 heterocycles. The molecule has 0 saturated heterocycles. The van der Waals surface area contributed by atoms with Crippen molar-refractivity contribution in [1.29, 1.82) is 0 Å². The molecule has 1 aromatic carbocycles. The maximum atomic E-state index is 12.6. The predicted octanol–water partition coefficient (Wildman–Crippen LogP) is 2.57. The maximum absolute atomic E-state index is 12.6. The minimum Gasteiger partial charge on any atom is -0.480 e. The second-order valence-corrected chi connectivity index (χ2v) is 7.13. The van der Waals surface area contributed by atoms with E-state index in [1.807, 2.05) is 13.0 Å². The lowest BCUT2D eigenvalue weighted by atomic mass is 9.99. The lowest BCUT2D eigenvalue weighted by Crippen LogP contribution is -2.52. The van der Waals surface area contributed by atoms with Crippen LogP contribution in [0.3, 0.4) is 0 Å². The van der Waals surface area contributed by atoms with E-state index in [-0.39, 0.29) is 5.92 Å². The van der Waals surface area contributed by atoms with E-state index in [0.717, 1.165) is 10.9 Å². The Hall–Kier alpha value is -2.54. The number of aromatic nitrogens is 1. The molecule has 0 radical (unpaired) electrons. The molecule has 0 fully saturated rings. The first kappa shape index (κ1) is 20.8. The normalized spacial score (nSPS) is 14.4. The van der Waals surface area contributed by atoms with E-state index < -0.39 is 29.9 Å². The first-order chi connectivity index (χ1) is 12.6. The number of amides is 2. The van der Waals surface area contributed by atoms with Gasteiger partial charge >= 0.3 is 5.97 Å². The maximum Gasteiger partial charge on any atom is 0.326 e. The zero-order chi connectivity index (χ0) is 20.3. The minimum absolute atomic E-state index is 0.225. The Bertz CT molecular complexity index is 877. The van der Waals surface area contributed by atoms with Gasteiger partial charge in [-0.2, -0.15) is 0 Å². The van der Waals surface area contributed by atoms with Gasteiger partial charge in [0.1, 0.15) is 17.8 Å². The molecule has 0 spiro atoms. The van der Waals surface area contributed by atoms with Gasteiger partial charge in [-0.1, -0.05) is 31.9 Å². The van der Waals surface area contributed by atoms with Gasteiger partial charge in [-0.05, 0) is 37.1 Å². The molecule has 0 aliphatic carbocycles. The molecule has 1 aromatic heterocycles. The molecule has 0 saturated carbocycles. The number of rotatable bonds is 7. The van der Waals surface area contributed by atoms with E-state index in [1.165, 1.54) is 6.92 Å². The molecule has 146 valence electrons. The smallest absolute Gasteiger partial charge is 0.326 e. The number of benzene rings is 1. The molecule has 2 amide bonds. The number of carbonyl (C=O) groups is 3.